The highest BCUT2D eigenvalue weighted by Gasteiger charge is 2.51. The highest BCUT2D eigenvalue weighted by atomic mass is 16.6. The number of unbranched alkanes of at least 4 members (excludes halogenated alkanes) is 8. The molecule has 4 fully saturated rings. The summed E-state index contributed by atoms with van der Waals surface area (Å²) in [5, 5.41) is 0. The first-order valence-electron chi connectivity index (χ1n) is 19.2. The summed E-state index contributed by atoms with van der Waals surface area (Å²) >= 11 is 0. The number of ether oxygens (including phenoxy) is 3. The number of hydrogen-bond acceptors (Lipinski definition) is 7. The zero-order valence-electron chi connectivity index (χ0n) is 30.2. The molecule has 0 saturated heterocycles. The lowest BCUT2D eigenvalue weighted by Gasteiger charge is -2.56. The molecule has 0 amide bonds. The van der Waals surface area contributed by atoms with E-state index in [1.54, 1.807) is 0 Å². The second-order valence-corrected chi connectivity index (χ2v) is 15.4. The molecular formula is C40H67NO6. The molecule has 268 valence electrons. The average molecular weight is 658 g/mol. The molecule has 0 N–H and O–H groups in total. The summed E-state index contributed by atoms with van der Waals surface area (Å²) in [5.74, 6) is 1.33. The Morgan fingerprint density at radius 3 is 1.70 bits per heavy atom. The van der Waals surface area contributed by atoms with Crippen molar-refractivity contribution in [3.8, 4) is 0 Å². The van der Waals surface area contributed by atoms with E-state index in [0.29, 0.717) is 19.3 Å². The van der Waals surface area contributed by atoms with Crippen molar-refractivity contribution in [1.82, 2.24) is 4.90 Å². The van der Waals surface area contributed by atoms with E-state index in [2.05, 4.69) is 31.2 Å². The van der Waals surface area contributed by atoms with E-state index in [4.69, 9.17) is 14.2 Å². The van der Waals surface area contributed by atoms with E-state index in [0.717, 1.165) is 82.1 Å². The first-order valence-corrected chi connectivity index (χ1v) is 19.2. The molecule has 0 aromatic carbocycles. The van der Waals surface area contributed by atoms with E-state index < -0.39 is 0 Å². The fourth-order valence-electron chi connectivity index (χ4n) is 8.41. The molecule has 4 aliphatic rings. The van der Waals surface area contributed by atoms with Crippen molar-refractivity contribution in [2.75, 3.05) is 40.5 Å². The maximum Gasteiger partial charge on any atom is 0.306 e. The molecular weight excluding hydrogens is 590 g/mol. The molecule has 0 radical (unpaired) electrons. The molecule has 47 heavy (non-hydrogen) atoms. The SMILES string of the molecule is CCCCC/C=C\C/C=C\CCCCCCCC(=O)OCC(COC(=O)CCCN(C)C)COC(=O)CC12CC3CC(CC(C3)C1)C2. The van der Waals surface area contributed by atoms with Crippen LogP contribution in [0, 0.1) is 29.1 Å². The Balaban J connectivity index is 1.29. The molecule has 1 atom stereocenters. The molecule has 4 rings (SSSR count). The Labute approximate surface area is 286 Å². The van der Waals surface area contributed by atoms with Crippen LogP contribution >= 0.6 is 0 Å². The Bertz CT molecular complexity index is 936. The predicted molar refractivity (Wildman–Crippen MR) is 189 cm³/mol. The van der Waals surface area contributed by atoms with Crippen molar-refractivity contribution in [1.29, 1.82) is 0 Å². The van der Waals surface area contributed by atoms with Gasteiger partial charge < -0.3 is 19.1 Å². The van der Waals surface area contributed by atoms with E-state index in [9.17, 15) is 14.4 Å². The summed E-state index contributed by atoms with van der Waals surface area (Å²) in [6, 6.07) is 0. The number of allylic oxidation sites excluding steroid dienone is 4. The zero-order chi connectivity index (χ0) is 33.7. The minimum Gasteiger partial charge on any atom is -0.465 e. The minimum atomic E-state index is -0.360. The van der Waals surface area contributed by atoms with Gasteiger partial charge in [0.15, 0.2) is 0 Å². The Hall–Kier alpha value is -2.15. The van der Waals surface area contributed by atoms with Crippen molar-refractivity contribution < 1.29 is 28.6 Å². The van der Waals surface area contributed by atoms with Gasteiger partial charge >= 0.3 is 17.9 Å². The van der Waals surface area contributed by atoms with Crippen molar-refractivity contribution >= 4 is 17.9 Å². The van der Waals surface area contributed by atoms with Gasteiger partial charge in [-0.2, -0.15) is 0 Å². The average Bonchev–Trinajstić information content (AvgIpc) is 3.01. The molecule has 4 bridgehead atoms. The molecule has 0 heterocycles. The summed E-state index contributed by atoms with van der Waals surface area (Å²) in [5.41, 5.74) is 0.119. The molecule has 7 heteroatoms. The van der Waals surface area contributed by atoms with Crippen LogP contribution in [-0.2, 0) is 28.6 Å². The fraction of sp³-hybridized carbons (Fsp3) is 0.825. The number of hydrogen-bond donors (Lipinski definition) is 0. The van der Waals surface area contributed by atoms with Crippen molar-refractivity contribution in [3.63, 3.8) is 0 Å². The summed E-state index contributed by atoms with van der Waals surface area (Å²) in [4.78, 5) is 39.9. The van der Waals surface area contributed by atoms with Crippen LogP contribution in [0.1, 0.15) is 142 Å². The molecule has 0 spiro atoms. The van der Waals surface area contributed by atoms with Crippen molar-refractivity contribution in [3.05, 3.63) is 24.3 Å². The normalized spacial score (nSPS) is 24.0. The largest absolute Gasteiger partial charge is 0.465 e. The monoisotopic (exact) mass is 657 g/mol. The molecule has 0 aliphatic heterocycles. The van der Waals surface area contributed by atoms with Crippen LogP contribution < -0.4 is 0 Å². The Kier molecular flexibility index (Phi) is 18.8. The van der Waals surface area contributed by atoms with Crippen LogP contribution in [0.5, 0.6) is 0 Å². The topological polar surface area (TPSA) is 82.1 Å². The fourth-order valence-corrected chi connectivity index (χ4v) is 8.41. The Morgan fingerprint density at radius 2 is 1.15 bits per heavy atom. The quantitative estimate of drug-likeness (QED) is 0.0397. The van der Waals surface area contributed by atoms with Gasteiger partial charge in [-0.1, -0.05) is 63.3 Å². The van der Waals surface area contributed by atoms with Gasteiger partial charge in [0.25, 0.3) is 0 Å². The second-order valence-electron chi connectivity index (χ2n) is 15.4. The van der Waals surface area contributed by atoms with Crippen LogP contribution in [0.15, 0.2) is 24.3 Å². The number of carbonyl (C=O) groups excluding carboxylic acids is 3. The van der Waals surface area contributed by atoms with E-state index >= 15 is 0 Å². The van der Waals surface area contributed by atoms with Gasteiger partial charge in [0.1, 0.15) is 19.8 Å². The zero-order valence-corrected chi connectivity index (χ0v) is 30.2. The number of carbonyl (C=O) groups is 3. The molecule has 0 aromatic rings. The second kappa shape index (κ2) is 22.5. The summed E-state index contributed by atoms with van der Waals surface area (Å²) < 4.78 is 16.9. The molecule has 7 nitrogen and oxygen atoms in total. The van der Waals surface area contributed by atoms with E-state index in [-0.39, 0.29) is 49.1 Å². The van der Waals surface area contributed by atoms with Crippen LogP contribution in [-0.4, -0.2) is 63.3 Å². The van der Waals surface area contributed by atoms with Crippen molar-refractivity contribution in [2.45, 2.75) is 142 Å². The first kappa shape index (κ1) is 39.3. The maximum absolute atomic E-state index is 13.0. The Morgan fingerprint density at radius 1 is 0.660 bits per heavy atom. The molecule has 4 aliphatic carbocycles. The van der Waals surface area contributed by atoms with E-state index in [1.165, 1.54) is 57.8 Å². The first-order chi connectivity index (χ1) is 22.8. The number of nitrogens with zero attached hydrogens (tertiary/aromatic N) is 1. The van der Waals surface area contributed by atoms with Gasteiger partial charge in [0.05, 0.1) is 12.3 Å². The smallest absolute Gasteiger partial charge is 0.306 e. The summed E-state index contributed by atoms with van der Waals surface area (Å²) in [7, 11) is 3.95. The molecule has 4 saturated carbocycles. The van der Waals surface area contributed by atoms with Gasteiger partial charge in [0.2, 0.25) is 0 Å². The van der Waals surface area contributed by atoms with Crippen LogP contribution in [0.4, 0.5) is 0 Å². The summed E-state index contributed by atoms with van der Waals surface area (Å²) in [6.07, 6.45) is 31.0. The minimum absolute atomic E-state index is 0.0857. The molecule has 1 unspecified atom stereocenters. The third kappa shape index (κ3) is 16.7. The van der Waals surface area contributed by atoms with Crippen molar-refractivity contribution in [2.24, 2.45) is 29.1 Å². The maximum atomic E-state index is 13.0. The van der Waals surface area contributed by atoms with Crippen LogP contribution in [0.25, 0.3) is 0 Å². The predicted octanol–water partition coefficient (Wildman–Crippen LogP) is 8.99. The standard InChI is InChI=1S/C40H67NO6/c1-4-5-6-7-8-9-10-11-12-13-14-15-16-17-18-20-37(42)45-30-36(31-46-38(43)21-19-22-41(2)3)32-47-39(44)29-40-26-33-23-34(27-40)25-35(24-33)28-40/h8-9,11-12,33-36H,4-7,10,13-32H2,1-3H3/b9-8-,12-11-. The lowest BCUT2D eigenvalue weighted by Crippen LogP contribution is -2.47. The van der Waals surface area contributed by atoms with Gasteiger partial charge in [-0.3, -0.25) is 14.4 Å². The number of rotatable bonds is 26. The third-order valence-corrected chi connectivity index (χ3v) is 10.4. The lowest BCUT2D eigenvalue weighted by atomic mass is 9.49. The van der Waals surface area contributed by atoms with Gasteiger partial charge in [-0.25, -0.2) is 0 Å². The summed E-state index contributed by atoms with van der Waals surface area (Å²) in [6.45, 7) is 3.33. The van der Waals surface area contributed by atoms with Gasteiger partial charge in [-0.05, 0) is 127 Å². The number of esters is 3. The van der Waals surface area contributed by atoms with Gasteiger partial charge in [0, 0.05) is 12.8 Å². The van der Waals surface area contributed by atoms with Crippen LogP contribution in [0.3, 0.4) is 0 Å². The molecule has 0 aromatic heterocycles. The third-order valence-electron chi connectivity index (χ3n) is 10.4. The highest BCUT2D eigenvalue weighted by molar-refractivity contribution is 5.71. The van der Waals surface area contributed by atoms with Gasteiger partial charge in [-0.15, -0.1) is 0 Å². The lowest BCUT2D eigenvalue weighted by molar-refractivity contribution is -0.157. The van der Waals surface area contributed by atoms with Crippen LogP contribution in [0.2, 0.25) is 0 Å². The highest BCUT2D eigenvalue weighted by Crippen LogP contribution is 2.61. The van der Waals surface area contributed by atoms with E-state index in [1.807, 2.05) is 19.0 Å².